The van der Waals surface area contributed by atoms with Crippen molar-refractivity contribution in [2.45, 2.75) is 19.4 Å². The van der Waals surface area contributed by atoms with Crippen LogP contribution in [0.4, 0.5) is 0 Å². The lowest BCUT2D eigenvalue weighted by Gasteiger charge is -2.07. The predicted octanol–water partition coefficient (Wildman–Crippen LogP) is 3.19. The van der Waals surface area contributed by atoms with E-state index in [-0.39, 0.29) is 5.91 Å². The summed E-state index contributed by atoms with van der Waals surface area (Å²) in [5.41, 5.74) is 2.29. The zero-order chi connectivity index (χ0) is 17.2. The number of halogens is 1. The quantitative estimate of drug-likeness (QED) is 0.686. The molecule has 0 unspecified atom stereocenters. The molecule has 0 saturated heterocycles. The van der Waals surface area contributed by atoms with Crippen LogP contribution in [-0.4, -0.2) is 26.1 Å². The summed E-state index contributed by atoms with van der Waals surface area (Å²) in [6, 6.07) is 15.5. The molecule has 2 aromatic rings. The Morgan fingerprint density at radius 3 is 2.33 bits per heavy atom. The van der Waals surface area contributed by atoms with E-state index in [0.717, 1.165) is 24.3 Å². The average molecular weight is 347 g/mol. The summed E-state index contributed by atoms with van der Waals surface area (Å²) in [5, 5.41) is 6.89. The Hall–Kier alpha value is -2.04. The zero-order valence-electron chi connectivity index (χ0n) is 13.8. The molecule has 0 heterocycles. The second-order valence-electron chi connectivity index (χ2n) is 5.50. The Morgan fingerprint density at radius 1 is 1.00 bits per heavy atom. The predicted molar refractivity (Wildman–Crippen MR) is 97.5 cm³/mol. The van der Waals surface area contributed by atoms with E-state index in [2.05, 4.69) is 22.8 Å². The highest BCUT2D eigenvalue weighted by molar-refractivity contribution is 6.30. The number of carbonyl (C=O) groups excluding carboxylic acids is 1. The number of rotatable bonds is 9. The maximum Gasteiger partial charge on any atom is 0.221 e. The average Bonchev–Trinajstić information content (AvgIpc) is 2.61. The van der Waals surface area contributed by atoms with E-state index in [4.69, 9.17) is 16.3 Å². The van der Waals surface area contributed by atoms with Crippen molar-refractivity contribution in [1.29, 1.82) is 0 Å². The number of amides is 1. The molecule has 2 aromatic carbocycles. The van der Waals surface area contributed by atoms with Crippen LogP contribution >= 0.6 is 11.6 Å². The lowest BCUT2D eigenvalue weighted by molar-refractivity contribution is -0.121. The Labute approximate surface area is 148 Å². The summed E-state index contributed by atoms with van der Waals surface area (Å²) >= 11 is 5.83. The molecule has 0 aliphatic rings. The molecule has 2 N–H and O–H groups in total. The SMILES string of the molecule is COc1ccc(CCNCCC(=O)NCc2ccc(Cl)cc2)cc1. The third kappa shape index (κ3) is 6.60. The van der Waals surface area contributed by atoms with Gasteiger partial charge in [-0.3, -0.25) is 4.79 Å². The van der Waals surface area contributed by atoms with Crippen molar-refractivity contribution in [2.24, 2.45) is 0 Å². The van der Waals surface area contributed by atoms with Crippen molar-refractivity contribution < 1.29 is 9.53 Å². The maximum absolute atomic E-state index is 11.8. The number of nitrogens with one attached hydrogen (secondary N) is 2. The fourth-order valence-corrected chi connectivity index (χ4v) is 2.37. The zero-order valence-corrected chi connectivity index (χ0v) is 14.6. The van der Waals surface area contributed by atoms with Crippen molar-refractivity contribution in [3.8, 4) is 5.75 Å². The Balaban J connectivity index is 1.56. The minimum Gasteiger partial charge on any atom is -0.497 e. The molecule has 0 radical (unpaired) electrons. The summed E-state index contributed by atoms with van der Waals surface area (Å²) in [4.78, 5) is 11.8. The first-order valence-electron chi connectivity index (χ1n) is 8.02. The van der Waals surface area contributed by atoms with Crippen LogP contribution in [0.1, 0.15) is 17.5 Å². The third-order valence-corrected chi connectivity index (χ3v) is 3.93. The molecule has 128 valence electrons. The van der Waals surface area contributed by atoms with Crippen molar-refractivity contribution >= 4 is 17.5 Å². The summed E-state index contributed by atoms with van der Waals surface area (Å²) in [6.07, 6.45) is 1.40. The number of carbonyl (C=O) groups is 1. The van der Waals surface area contributed by atoms with Gasteiger partial charge in [-0.2, -0.15) is 0 Å². The molecule has 0 aliphatic carbocycles. The van der Waals surface area contributed by atoms with Gasteiger partial charge in [-0.25, -0.2) is 0 Å². The molecule has 5 heteroatoms. The Bertz CT molecular complexity index is 627. The second kappa shape index (κ2) is 9.96. The van der Waals surface area contributed by atoms with Crippen LogP contribution < -0.4 is 15.4 Å². The Morgan fingerprint density at radius 2 is 1.67 bits per heavy atom. The molecular formula is C19H23ClN2O2. The van der Waals surface area contributed by atoms with Crippen LogP contribution in [0.15, 0.2) is 48.5 Å². The summed E-state index contributed by atoms with van der Waals surface area (Å²) in [5.74, 6) is 0.908. The highest BCUT2D eigenvalue weighted by atomic mass is 35.5. The van der Waals surface area contributed by atoms with Crippen LogP contribution in [-0.2, 0) is 17.8 Å². The number of hydrogen-bond donors (Lipinski definition) is 2. The fraction of sp³-hybridized carbons (Fsp3) is 0.316. The van der Waals surface area contributed by atoms with Gasteiger partial charge in [0, 0.05) is 24.5 Å². The van der Waals surface area contributed by atoms with Gasteiger partial charge >= 0.3 is 0 Å². The molecule has 2 rings (SSSR count). The van der Waals surface area contributed by atoms with Gasteiger partial charge in [0.15, 0.2) is 0 Å². The molecule has 0 atom stereocenters. The van der Waals surface area contributed by atoms with Gasteiger partial charge in [-0.1, -0.05) is 35.9 Å². The van der Waals surface area contributed by atoms with E-state index in [1.165, 1.54) is 5.56 Å². The van der Waals surface area contributed by atoms with Crippen LogP contribution in [0.2, 0.25) is 5.02 Å². The molecule has 0 bridgehead atoms. The molecule has 0 aromatic heterocycles. The summed E-state index contributed by atoms with van der Waals surface area (Å²) < 4.78 is 5.13. The van der Waals surface area contributed by atoms with E-state index in [0.29, 0.717) is 24.5 Å². The first-order valence-corrected chi connectivity index (χ1v) is 8.40. The minimum absolute atomic E-state index is 0.0434. The van der Waals surface area contributed by atoms with Gasteiger partial charge in [0.1, 0.15) is 5.75 Å². The van der Waals surface area contributed by atoms with E-state index in [1.54, 1.807) is 7.11 Å². The van der Waals surface area contributed by atoms with Gasteiger partial charge in [0.25, 0.3) is 0 Å². The lowest BCUT2D eigenvalue weighted by atomic mass is 10.1. The van der Waals surface area contributed by atoms with E-state index >= 15 is 0 Å². The lowest BCUT2D eigenvalue weighted by Crippen LogP contribution is -2.28. The van der Waals surface area contributed by atoms with Crippen LogP contribution in [0.3, 0.4) is 0 Å². The van der Waals surface area contributed by atoms with Gasteiger partial charge in [0.2, 0.25) is 5.91 Å². The molecule has 1 amide bonds. The Kier molecular flexibility index (Phi) is 7.59. The van der Waals surface area contributed by atoms with Gasteiger partial charge < -0.3 is 15.4 Å². The van der Waals surface area contributed by atoms with E-state index in [1.807, 2.05) is 36.4 Å². The maximum atomic E-state index is 11.8. The number of benzene rings is 2. The van der Waals surface area contributed by atoms with Crippen molar-refractivity contribution in [3.63, 3.8) is 0 Å². The molecule has 0 aliphatic heterocycles. The molecule has 0 fully saturated rings. The number of methoxy groups -OCH3 is 1. The van der Waals surface area contributed by atoms with Crippen LogP contribution in [0, 0.1) is 0 Å². The first kappa shape index (κ1) is 18.3. The highest BCUT2D eigenvalue weighted by Gasteiger charge is 2.01. The second-order valence-corrected chi connectivity index (χ2v) is 5.94. The molecule has 4 nitrogen and oxygen atoms in total. The van der Waals surface area contributed by atoms with Gasteiger partial charge in [-0.05, 0) is 48.4 Å². The van der Waals surface area contributed by atoms with Gasteiger partial charge in [0.05, 0.1) is 7.11 Å². The molecular weight excluding hydrogens is 324 g/mol. The van der Waals surface area contributed by atoms with Crippen molar-refractivity contribution in [1.82, 2.24) is 10.6 Å². The first-order chi connectivity index (χ1) is 11.7. The van der Waals surface area contributed by atoms with Gasteiger partial charge in [-0.15, -0.1) is 0 Å². The smallest absolute Gasteiger partial charge is 0.221 e. The topological polar surface area (TPSA) is 50.4 Å². The summed E-state index contributed by atoms with van der Waals surface area (Å²) in [6.45, 7) is 2.04. The molecule has 24 heavy (non-hydrogen) atoms. The number of hydrogen-bond acceptors (Lipinski definition) is 3. The monoisotopic (exact) mass is 346 g/mol. The summed E-state index contributed by atoms with van der Waals surface area (Å²) in [7, 11) is 1.66. The third-order valence-electron chi connectivity index (χ3n) is 3.68. The van der Waals surface area contributed by atoms with Crippen LogP contribution in [0.25, 0.3) is 0 Å². The van der Waals surface area contributed by atoms with Crippen LogP contribution in [0.5, 0.6) is 5.75 Å². The van der Waals surface area contributed by atoms with E-state index in [9.17, 15) is 4.79 Å². The minimum atomic E-state index is 0.0434. The highest BCUT2D eigenvalue weighted by Crippen LogP contribution is 2.11. The normalized spacial score (nSPS) is 10.4. The largest absolute Gasteiger partial charge is 0.497 e. The standard InChI is InChI=1S/C19H23ClN2O2/c1-24-18-8-4-15(5-9-18)10-12-21-13-11-19(23)22-14-16-2-6-17(20)7-3-16/h2-9,21H,10-14H2,1H3,(H,22,23). The number of ether oxygens (including phenoxy) is 1. The fourth-order valence-electron chi connectivity index (χ4n) is 2.24. The van der Waals surface area contributed by atoms with Crippen molar-refractivity contribution in [3.05, 3.63) is 64.7 Å². The van der Waals surface area contributed by atoms with E-state index < -0.39 is 0 Å². The molecule has 0 spiro atoms. The van der Waals surface area contributed by atoms with Crippen molar-refractivity contribution in [2.75, 3.05) is 20.2 Å². The molecule has 0 saturated carbocycles.